The quantitative estimate of drug-likeness (QED) is 0.173. The minimum atomic E-state index is -0.555. The first-order valence-electron chi connectivity index (χ1n) is 12.1. The summed E-state index contributed by atoms with van der Waals surface area (Å²) >= 11 is 17.6. The predicted molar refractivity (Wildman–Crippen MR) is 158 cm³/mol. The van der Waals surface area contributed by atoms with E-state index in [1.165, 1.54) is 17.7 Å². The van der Waals surface area contributed by atoms with Crippen molar-refractivity contribution in [2.45, 2.75) is 26.2 Å². The molecule has 1 unspecified atom stereocenters. The van der Waals surface area contributed by atoms with Gasteiger partial charge in [0, 0.05) is 17.3 Å². The molecule has 39 heavy (non-hydrogen) atoms. The molecule has 0 spiro atoms. The van der Waals surface area contributed by atoms with E-state index in [0.29, 0.717) is 50.0 Å². The van der Waals surface area contributed by atoms with Crippen molar-refractivity contribution in [3.63, 3.8) is 0 Å². The van der Waals surface area contributed by atoms with E-state index in [-0.39, 0.29) is 16.6 Å². The highest BCUT2D eigenvalue weighted by atomic mass is 35.5. The number of carbonyl (C=O) groups excluding carboxylic acids is 1. The number of carbonyl (C=O) groups is 1. The number of hydrogen-bond acceptors (Lipinski definition) is 6. The van der Waals surface area contributed by atoms with Crippen molar-refractivity contribution in [1.82, 2.24) is 10.3 Å². The van der Waals surface area contributed by atoms with Gasteiger partial charge >= 0.3 is 0 Å². The van der Waals surface area contributed by atoms with Gasteiger partial charge in [0.25, 0.3) is 5.91 Å². The van der Waals surface area contributed by atoms with Crippen molar-refractivity contribution >= 4 is 63.2 Å². The number of halogens is 2. The molecule has 0 fully saturated rings. The fourth-order valence-corrected chi connectivity index (χ4v) is 4.62. The summed E-state index contributed by atoms with van der Waals surface area (Å²) in [5.74, 6) is 0.532. The molecule has 3 aromatic carbocycles. The van der Waals surface area contributed by atoms with Crippen molar-refractivity contribution in [2.75, 3.05) is 5.32 Å². The molecule has 0 aliphatic heterocycles. The highest BCUT2D eigenvalue weighted by molar-refractivity contribution is 7.80. The van der Waals surface area contributed by atoms with E-state index in [0.717, 1.165) is 11.9 Å². The van der Waals surface area contributed by atoms with Gasteiger partial charge in [0.2, 0.25) is 5.89 Å². The van der Waals surface area contributed by atoms with Crippen LogP contribution in [0.1, 0.15) is 42.3 Å². The molecular weight excluding hydrogens is 557 g/mol. The zero-order valence-corrected chi connectivity index (χ0v) is 23.2. The van der Waals surface area contributed by atoms with Crippen molar-refractivity contribution in [2.24, 2.45) is 0 Å². The number of thiocarbonyl (C=S) groups is 1. The van der Waals surface area contributed by atoms with Crippen LogP contribution < -0.4 is 10.6 Å². The maximum atomic E-state index is 12.7. The van der Waals surface area contributed by atoms with Gasteiger partial charge in [-0.25, -0.2) is 4.98 Å². The standard InChI is InChI=1S/C29H23Cl2N3O4S/c1-3-15(2)16-7-10-24-21(13-16)33-28(38-24)18-9-8-17(14-22(18)35)32-29(39)34-27(36)25-12-11-23(37-25)19-5-4-6-20(30)26(19)31/h4-15,35H,3H2,1-2H3,(H2,32,34,36,39). The Balaban J connectivity index is 1.26. The van der Waals surface area contributed by atoms with E-state index < -0.39 is 5.91 Å². The molecule has 0 bridgehead atoms. The van der Waals surface area contributed by atoms with E-state index in [1.807, 2.05) is 18.2 Å². The zero-order valence-electron chi connectivity index (χ0n) is 20.9. The molecule has 1 amide bonds. The molecule has 5 aromatic rings. The van der Waals surface area contributed by atoms with Gasteiger partial charge in [0.05, 0.1) is 15.6 Å². The number of rotatable bonds is 6. The number of nitrogens with one attached hydrogen (secondary N) is 2. The average molecular weight is 580 g/mol. The summed E-state index contributed by atoms with van der Waals surface area (Å²) in [7, 11) is 0. The van der Waals surface area contributed by atoms with Crippen LogP contribution in [0.5, 0.6) is 5.75 Å². The Morgan fingerprint density at radius 2 is 1.87 bits per heavy atom. The zero-order chi connectivity index (χ0) is 27.7. The number of benzene rings is 3. The number of anilines is 1. The average Bonchev–Trinajstić information content (AvgIpc) is 3.57. The topological polar surface area (TPSA) is 101 Å². The summed E-state index contributed by atoms with van der Waals surface area (Å²) in [6.07, 6.45) is 1.02. The second-order valence-electron chi connectivity index (χ2n) is 8.96. The summed E-state index contributed by atoms with van der Waals surface area (Å²) in [5, 5.41) is 16.8. The van der Waals surface area contributed by atoms with Crippen LogP contribution in [0.15, 0.2) is 75.6 Å². The van der Waals surface area contributed by atoms with Crippen LogP contribution in [-0.4, -0.2) is 21.1 Å². The molecule has 198 valence electrons. The number of furan rings is 1. The Morgan fingerprint density at radius 1 is 1.05 bits per heavy atom. The maximum absolute atomic E-state index is 12.7. The molecule has 0 radical (unpaired) electrons. The maximum Gasteiger partial charge on any atom is 0.293 e. The Bertz CT molecular complexity index is 1710. The fourth-order valence-electron chi connectivity index (χ4n) is 4.02. The van der Waals surface area contributed by atoms with Gasteiger partial charge in [0.15, 0.2) is 16.5 Å². The first kappa shape index (κ1) is 26.7. The Morgan fingerprint density at radius 3 is 2.64 bits per heavy atom. The lowest BCUT2D eigenvalue weighted by Gasteiger charge is -2.10. The number of aromatic hydroxyl groups is 1. The van der Waals surface area contributed by atoms with Gasteiger partial charge in [-0.05, 0) is 78.7 Å². The number of nitrogens with zero attached hydrogens (tertiary/aromatic N) is 1. The minimum Gasteiger partial charge on any atom is -0.507 e. The predicted octanol–water partition coefficient (Wildman–Crippen LogP) is 8.41. The molecule has 0 aliphatic rings. The van der Waals surface area contributed by atoms with Crippen LogP contribution in [0.4, 0.5) is 5.69 Å². The van der Waals surface area contributed by atoms with Crippen molar-refractivity contribution in [3.05, 3.63) is 88.1 Å². The number of oxazole rings is 1. The summed E-state index contributed by atoms with van der Waals surface area (Å²) in [5.41, 5.74) is 4.01. The number of fused-ring (bicyclic) bond motifs is 1. The van der Waals surface area contributed by atoms with E-state index in [2.05, 4.69) is 29.5 Å². The van der Waals surface area contributed by atoms with Gasteiger partial charge in [-0.3, -0.25) is 10.1 Å². The Kier molecular flexibility index (Phi) is 7.61. The summed E-state index contributed by atoms with van der Waals surface area (Å²) in [4.78, 5) is 17.2. The number of hydrogen-bond donors (Lipinski definition) is 3. The molecular formula is C29H23Cl2N3O4S. The van der Waals surface area contributed by atoms with Gasteiger partial charge in [-0.1, -0.05) is 49.2 Å². The van der Waals surface area contributed by atoms with E-state index in [1.54, 1.807) is 36.4 Å². The molecule has 7 nitrogen and oxygen atoms in total. The molecule has 1 atom stereocenters. The first-order chi connectivity index (χ1) is 18.7. The van der Waals surface area contributed by atoms with Crippen molar-refractivity contribution < 1.29 is 18.7 Å². The highest BCUT2D eigenvalue weighted by Crippen LogP contribution is 2.35. The summed E-state index contributed by atoms with van der Waals surface area (Å²) in [6.45, 7) is 4.30. The lowest BCUT2D eigenvalue weighted by atomic mass is 9.98. The number of amides is 1. The SMILES string of the molecule is CCC(C)c1ccc2oc(-c3ccc(NC(=S)NC(=O)c4ccc(-c5cccc(Cl)c5Cl)o4)cc3O)nc2c1. The molecule has 0 saturated heterocycles. The lowest BCUT2D eigenvalue weighted by Crippen LogP contribution is -2.33. The Labute approximate surface area is 239 Å². The highest BCUT2D eigenvalue weighted by Gasteiger charge is 2.18. The number of aromatic nitrogens is 1. The van der Waals surface area contributed by atoms with Crippen LogP contribution in [0.2, 0.25) is 10.0 Å². The second kappa shape index (κ2) is 11.1. The number of phenols is 1. The van der Waals surface area contributed by atoms with Crippen LogP contribution in [-0.2, 0) is 0 Å². The second-order valence-corrected chi connectivity index (χ2v) is 10.2. The third-order valence-electron chi connectivity index (χ3n) is 6.35. The van der Waals surface area contributed by atoms with Gasteiger partial charge in [0.1, 0.15) is 17.0 Å². The normalized spacial score (nSPS) is 11.9. The molecule has 0 aliphatic carbocycles. The minimum absolute atomic E-state index is 0.0188. The van der Waals surface area contributed by atoms with Gasteiger partial charge in [-0.15, -0.1) is 0 Å². The molecule has 3 N–H and O–H groups in total. The molecule has 0 saturated carbocycles. The lowest BCUT2D eigenvalue weighted by molar-refractivity contribution is 0.0951. The van der Waals surface area contributed by atoms with E-state index >= 15 is 0 Å². The smallest absolute Gasteiger partial charge is 0.293 e. The van der Waals surface area contributed by atoms with Crippen molar-refractivity contribution in [3.8, 4) is 28.5 Å². The van der Waals surface area contributed by atoms with E-state index in [4.69, 9.17) is 44.3 Å². The van der Waals surface area contributed by atoms with Gasteiger partial charge in [-0.2, -0.15) is 0 Å². The van der Waals surface area contributed by atoms with Crippen molar-refractivity contribution in [1.29, 1.82) is 0 Å². The summed E-state index contributed by atoms with van der Waals surface area (Å²) in [6, 6.07) is 19.0. The molecule has 10 heteroatoms. The largest absolute Gasteiger partial charge is 0.507 e. The van der Waals surface area contributed by atoms with Crippen LogP contribution in [0, 0.1) is 0 Å². The molecule has 2 aromatic heterocycles. The van der Waals surface area contributed by atoms with E-state index in [9.17, 15) is 9.90 Å². The third kappa shape index (κ3) is 5.63. The van der Waals surface area contributed by atoms with Crippen LogP contribution >= 0.6 is 35.4 Å². The molecule has 5 rings (SSSR count). The monoisotopic (exact) mass is 579 g/mol. The Hall–Kier alpha value is -3.85. The van der Waals surface area contributed by atoms with Crippen LogP contribution in [0.25, 0.3) is 33.9 Å². The van der Waals surface area contributed by atoms with Crippen LogP contribution in [0.3, 0.4) is 0 Å². The van der Waals surface area contributed by atoms with Gasteiger partial charge < -0.3 is 19.3 Å². The summed E-state index contributed by atoms with van der Waals surface area (Å²) < 4.78 is 11.5. The molecule has 2 heterocycles. The fraction of sp³-hybridized carbons (Fsp3) is 0.138. The third-order valence-corrected chi connectivity index (χ3v) is 7.38. The first-order valence-corrected chi connectivity index (χ1v) is 13.3. The number of phenolic OH excluding ortho intramolecular Hbond substituents is 1.